The lowest BCUT2D eigenvalue weighted by atomic mass is 10.1. The minimum absolute atomic E-state index is 0.199. The van der Waals surface area contributed by atoms with Crippen LogP contribution < -0.4 is 15.5 Å². The third kappa shape index (κ3) is 3.59. The molecular formula is C17H22FN5. The molecule has 23 heavy (non-hydrogen) atoms. The summed E-state index contributed by atoms with van der Waals surface area (Å²) in [5.74, 6) is 1.29. The van der Waals surface area contributed by atoms with Gasteiger partial charge in [0.1, 0.15) is 11.6 Å². The molecule has 5 nitrogen and oxygen atoms in total. The minimum atomic E-state index is -0.199. The molecule has 0 unspecified atom stereocenters. The maximum absolute atomic E-state index is 13.5. The molecule has 1 aromatic carbocycles. The molecule has 0 amide bonds. The second kappa shape index (κ2) is 6.91. The summed E-state index contributed by atoms with van der Waals surface area (Å²) in [6, 6.07) is 7.06. The lowest BCUT2D eigenvalue weighted by molar-refractivity contribution is 0.619. The summed E-state index contributed by atoms with van der Waals surface area (Å²) in [5, 5.41) is 6.41. The van der Waals surface area contributed by atoms with E-state index < -0.39 is 0 Å². The fraction of sp³-hybridized carbons (Fsp3) is 0.412. The lowest BCUT2D eigenvalue weighted by Gasteiger charge is -2.22. The van der Waals surface area contributed by atoms with Crippen LogP contribution >= 0.6 is 0 Å². The maximum Gasteiger partial charge on any atom is 0.224 e. The number of nitrogens with one attached hydrogen (secondary N) is 2. The normalized spacial score (nSPS) is 15.3. The van der Waals surface area contributed by atoms with Crippen molar-refractivity contribution in [2.75, 3.05) is 43.4 Å². The summed E-state index contributed by atoms with van der Waals surface area (Å²) in [5.41, 5.74) is 2.32. The summed E-state index contributed by atoms with van der Waals surface area (Å²) in [4.78, 5) is 11.4. The Morgan fingerprint density at radius 2 is 2.04 bits per heavy atom. The SMILES string of the molecule is CNc1nc(-c2ccc(F)c(C)c2)cc(N2CCCNCC2)n1. The van der Waals surface area contributed by atoms with Gasteiger partial charge in [0, 0.05) is 38.3 Å². The van der Waals surface area contributed by atoms with Crippen molar-refractivity contribution in [3.8, 4) is 11.3 Å². The van der Waals surface area contributed by atoms with Crippen molar-refractivity contribution >= 4 is 11.8 Å². The topological polar surface area (TPSA) is 53.1 Å². The van der Waals surface area contributed by atoms with Gasteiger partial charge in [-0.15, -0.1) is 0 Å². The first-order valence-electron chi connectivity index (χ1n) is 7.96. The van der Waals surface area contributed by atoms with Gasteiger partial charge in [-0.1, -0.05) is 0 Å². The van der Waals surface area contributed by atoms with Crippen molar-refractivity contribution in [3.63, 3.8) is 0 Å². The molecule has 3 rings (SSSR count). The fourth-order valence-electron chi connectivity index (χ4n) is 2.73. The number of aryl methyl sites for hydroxylation is 1. The van der Waals surface area contributed by atoms with Crippen LogP contribution in [0, 0.1) is 12.7 Å². The van der Waals surface area contributed by atoms with Crippen molar-refractivity contribution in [1.82, 2.24) is 15.3 Å². The van der Waals surface area contributed by atoms with Gasteiger partial charge in [0.2, 0.25) is 5.95 Å². The molecule has 0 aliphatic carbocycles. The van der Waals surface area contributed by atoms with Gasteiger partial charge in [0.15, 0.2) is 0 Å². The molecule has 0 saturated carbocycles. The molecule has 2 N–H and O–H groups in total. The van der Waals surface area contributed by atoms with E-state index in [4.69, 9.17) is 0 Å². The first-order chi connectivity index (χ1) is 11.2. The number of rotatable bonds is 3. The van der Waals surface area contributed by atoms with Gasteiger partial charge in [-0.2, -0.15) is 4.98 Å². The second-order valence-corrected chi connectivity index (χ2v) is 5.74. The van der Waals surface area contributed by atoms with Crippen LogP contribution in [0.5, 0.6) is 0 Å². The molecule has 1 fully saturated rings. The van der Waals surface area contributed by atoms with Crippen LogP contribution in [0.25, 0.3) is 11.3 Å². The van der Waals surface area contributed by atoms with E-state index in [1.165, 1.54) is 6.07 Å². The Morgan fingerprint density at radius 3 is 2.83 bits per heavy atom. The molecule has 1 saturated heterocycles. The predicted octanol–water partition coefficient (Wildman–Crippen LogP) is 2.43. The lowest BCUT2D eigenvalue weighted by Crippen LogP contribution is -2.28. The van der Waals surface area contributed by atoms with Crippen molar-refractivity contribution in [3.05, 3.63) is 35.6 Å². The van der Waals surface area contributed by atoms with E-state index in [2.05, 4.69) is 25.5 Å². The van der Waals surface area contributed by atoms with Crippen LogP contribution in [0.1, 0.15) is 12.0 Å². The molecule has 1 aliphatic heterocycles. The quantitative estimate of drug-likeness (QED) is 0.911. The molecule has 0 radical (unpaired) electrons. The summed E-state index contributed by atoms with van der Waals surface area (Å²) in [7, 11) is 1.81. The molecular weight excluding hydrogens is 293 g/mol. The molecule has 1 aliphatic rings. The van der Waals surface area contributed by atoms with Gasteiger partial charge >= 0.3 is 0 Å². The largest absolute Gasteiger partial charge is 0.357 e. The van der Waals surface area contributed by atoms with E-state index >= 15 is 0 Å². The van der Waals surface area contributed by atoms with Gasteiger partial charge in [0.25, 0.3) is 0 Å². The molecule has 0 bridgehead atoms. The third-order valence-electron chi connectivity index (χ3n) is 4.05. The van der Waals surface area contributed by atoms with Crippen LogP contribution in [-0.4, -0.2) is 43.2 Å². The number of anilines is 2. The highest BCUT2D eigenvalue weighted by Crippen LogP contribution is 2.25. The van der Waals surface area contributed by atoms with Crippen LogP contribution in [0.2, 0.25) is 0 Å². The number of nitrogens with zero attached hydrogens (tertiary/aromatic N) is 3. The first kappa shape index (κ1) is 15.7. The molecule has 2 aromatic rings. The van der Waals surface area contributed by atoms with Crippen LogP contribution in [-0.2, 0) is 0 Å². The Morgan fingerprint density at radius 1 is 1.17 bits per heavy atom. The van der Waals surface area contributed by atoms with Crippen molar-refractivity contribution < 1.29 is 4.39 Å². The van der Waals surface area contributed by atoms with Gasteiger partial charge < -0.3 is 15.5 Å². The maximum atomic E-state index is 13.5. The number of benzene rings is 1. The summed E-state index contributed by atoms with van der Waals surface area (Å²) >= 11 is 0. The second-order valence-electron chi connectivity index (χ2n) is 5.74. The Labute approximate surface area is 136 Å². The van der Waals surface area contributed by atoms with E-state index in [1.807, 2.05) is 19.2 Å². The Hall–Kier alpha value is -2.21. The molecule has 6 heteroatoms. The number of hydrogen-bond acceptors (Lipinski definition) is 5. The summed E-state index contributed by atoms with van der Waals surface area (Å²) < 4.78 is 13.5. The van der Waals surface area contributed by atoms with Gasteiger partial charge in [-0.05, 0) is 43.7 Å². The summed E-state index contributed by atoms with van der Waals surface area (Å²) in [6.07, 6.45) is 1.09. The van der Waals surface area contributed by atoms with Crippen LogP contribution in [0.3, 0.4) is 0 Å². The first-order valence-corrected chi connectivity index (χ1v) is 7.96. The van der Waals surface area contributed by atoms with Crippen molar-refractivity contribution in [1.29, 1.82) is 0 Å². The van der Waals surface area contributed by atoms with E-state index in [0.717, 1.165) is 49.7 Å². The van der Waals surface area contributed by atoms with E-state index in [1.54, 1.807) is 13.0 Å². The van der Waals surface area contributed by atoms with E-state index in [0.29, 0.717) is 11.5 Å². The van der Waals surface area contributed by atoms with Gasteiger partial charge in [-0.25, -0.2) is 9.37 Å². The molecule has 1 aromatic heterocycles. The molecule has 0 spiro atoms. The zero-order chi connectivity index (χ0) is 16.2. The average Bonchev–Trinajstić information content (AvgIpc) is 2.86. The molecule has 2 heterocycles. The smallest absolute Gasteiger partial charge is 0.224 e. The number of halogens is 1. The van der Waals surface area contributed by atoms with E-state index in [-0.39, 0.29) is 5.82 Å². The zero-order valence-corrected chi connectivity index (χ0v) is 13.6. The van der Waals surface area contributed by atoms with E-state index in [9.17, 15) is 4.39 Å². The Kier molecular flexibility index (Phi) is 4.71. The molecule has 122 valence electrons. The Bertz CT molecular complexity index is 681. The van der Waals surface area contributed by atoms with Crippen LogP contribution in [0.15, 0.2) is 24.3 Å². The minimum Gasteiger partial charge on any atom is -0.357 e. The standard InChI is InChI=1S/C17H22FN5/c1-12-10-13(4-5-14(12)18)15-11-16(22-17(19-2)21-15)23-8-3-6-20-7-9-23/h4-5,10-11,20H,3,6-9H2,1-2H3,(H,19,21,22). The predicted molar refractivity (Wildman–Crippen MR) is 91.4 cm³/mol. The van der Waals surface area contributed by atoms with Gasteiger partial charge in [0.05, 0.1) is 5.69 Å². The van der Waals surface area contributed by atoms with Crippen LogP contribution in [0.4, 0.5) is 16.2 Å². The highest BCUT2D eigenvalue weighted by atomic mass is 19.1. The monoisotopic (exact) mass is 315 g/mol. The van der Waals surface area contributed by atoms with Crippen molar-refractivity contribution in [2.24, 2.45) is 0 Å². The zero-order valence-electron chi connectivity index (χ0n) is 13.6. The fourth-order valence-corrected chi connectivity index (χ4v) is 2.73. The number of aromatic nitrogens is 2. The Balaban J connectivity index is 1.99. The average molecular weight is 315 g/mol. The highest BCUT2D eigenvalue weighted by molar-refractivity contribution is 5.65. The highest BCUT2D eigenvalue weighted by Gasteiger charge is 2.14. The third-order valence-corrected chi connectivity index (χ3v) is 4.05. The summed E-state index contributed by atoms with van der Waals surface area (Å²) in [6.45, 7) is 5.63. The van der Waals surface area contributed by atoms with Gasteiger partial charge in [-0.3, -0.25) is 0 Å². The number of hydrogen-bond donors (Lipinski definition) is 2. The molecule has 0 atom stereocenters. The van der Waals surface area contributed by atoms with Crippen molar-refractivity contribution in [2.45, 2.75) is 13.3 Å².